The molecule has 2 saturated heterocycles. The topological polar surface area (TPSA) is 12.5 Å². The zero-order valence-electron chi connectivity index (χ0n) is 8.12. The van der Waals surface area contributed by atoms with Gasteiger partial charge in [-0.1, -0.05) is 0 Å². The molecule has 2 aliphatic rings. The predicted molar refractivity (Wildman–Crippen MR) is 49.2 cm³/mol. The summed E-state index contributed by atoms with van der Waals surface area (Å²) < 4.78 is 5.71. The molecule has 2 heterocycles. The average molecular weight is 169 g/mol. The third kappa shape index (κ3) is 1.50. The lowest BCUT2D eigenvalue weighted by molar-refractivity contribution is 0.0666. The van der Waals surface area contributed by atoms with E-state index in [4.69, 9.17) is 4.74 Å². The summed E-state index contributed by atoms with van der Waals surface area (Å²) in [7, 11) is 2.22. The molecular formula is C10H19NO. The van der Waals surface area contributed by atoms with Crippen LogP contribution in [0, 0.1) is 5.92 Å². The first-order valence-corrected chi connectivity index (χ1v) is 5.09. The second kappa shape index (κ2) is 3.35. The van der Waals surface area contributed by atoms with E-state index < -0.39 is 0 Å². The van der Waals surface area contributed by atoms with Crippen LogP contribution in [-0.4, -0.2) is 37.2 Å². The van der Waals surface area contributed by atoms with Crippen molar-refractivity contribution in [1.29, 1.82) is 0 Å². The first kappa shape index (κ1) is 8.52. The third-order valence-electron chi connectivity index (χ3n) is 3.41. The molecule has 2 nitrogen and oxygen atoms in total. The molecule has 0 spiro atoms. The van der Waals surface area contributed by atoms with Crippen LogP contribution in [0.4, 0.5) is 0 Å². The minimum Gasteiger partial charge on any atom is -0.378 e. The summed E-state index contributed by atoms with van der Waals surface area (Å²) in [5.74, 6) is 0.812. The first-order chi connectivity index (χ1) is 5.77. The van der Waals surface area contributed by atoms with E-state index in [1.807, 2.05) is 0 Å². The average Bonchev–Trinajstić information content (AvgIpc) is 2.61. The summed E-state index contributed by atoms with van der Waals surface area (Å²) in [6.45, 7) is 4.56. The second-order valence-corrected chi connectivity index (χ2v) is 4.34. The Balaban J connectivity index is 1.89. The van der Waals surface area contributed by atoms with Crippen LogP contribution in [0.5, 0.6) is 0 Å². The van der Waals surface area contributed by atoms with Gasteiger partial charge in [-0.3, -0.25) is 0 Å². The number of likely N-dealkylation sites (tertiary alicyclic amines) is 1. The quantitative estimate of drug-likeness (QED) is 0.590. The van der Waals surface area contributed by atoms with Crippen LogP contribution in [0.15, 0.2) is 0 Å². The summed E-state index contributed by atoms with van der Waals surface area (Å²) in [6.07, 6.45) is 4.49. The van der Waals surface area contributed by atoms with Gasteiger partial charge in [-0.2, -0.15) is 0 Å². The maximum atomic E-state index is 5.71. The Bertz CT molecular complexity index is 144. The first-order valence-electron chi connectivity index (χ1n) is 5.09. The molecule has 0 radical (unpaired) electrons. The Kier molecular flexibility index (Phi) is 2.37. The minimum atomic E-state index is 0.581. The van der Waals surface area contributed by atoms with Gasteiger partial charge in [-0.25, -0.2) is 0 Å². The molecule has 0 aromatic rings. The van der Waals surface area contributed by atoms with E-state index in [1.165, 1.54) is 25.8 Å². The smallest absolute Gasteiger partial charge is 0.0616 e. The molecule has 0 N–H and O–H groups in total. The number of ether oxygens (including phenoxy) is 1. The predicted octanol–water partition coefficient (Wildman–Crippen LogP) is 1.51. The lowest BCUT2D eigenvalue weighted by atomic mass is 9.97. The van der Waals surface area contributed by atoms with E-state index in [2.05, 4.69) is 18.9 Å². The fourth-order valence-electron chi connectivity index (χ4n) is 2.49. The molecule has 0 aromatic heterocycles. The van der Waals surface area contributed by atoms with E-state index in [9.17, 15) is 0 Å². The van der Waals surface area contributed by atoms with Gasteiger partial charge in [-0.05, 0) is 39.2 Å². The highest BCUT2D eigenvalue weighted by Crippen LogP contribution is 2.30. The maximum absolute atomic E-state index is 5.71. The van der Waals surface area contributed by atoms with Gasteiger partial charge in [0, 0.05) is 19.2 Å². The third-order valence-corrected chi connectivity index (χ3v) is 3.41. The zero-order chi connectivity index (χ0) is 8.55. The van der Waals surface area contributed by atoms with Crippen LogP contribution in [0.1, 0.15) is 26.2 Å². The van der Waals surface area contributed by atoms with Crippen LogP contribution in [0.25, 0.3) is 0 Å². The molecule has 2 aliphatic heterocycles. The van der Waals surface area contributed by atoms with E-state index in [1.54, 1.807) is 0 Å². The van der Waals surface area contributed by atoms with E-state index in [0.717, 1.165) is 18.6 Å². The SMILES string of the molecule is CC1C[C@H](C2CCCO2)CN1C. The fourth-order valence-corrected chi connectivity index (χ4v) is 2.49. The summed E-state index contributed by atoms with van der Waals surface area (Å²) in [5, 5.41) is 0. The Morgan fingerprint density at radius 3 is 2.75 bits per heavy atom. The molecule has 0 bridgehead atoms. The summed E-state index contributed by atoms with van der Waals surface area (Å²) in [6, 6.07) is 0.763. The van der Waals surface area contributed by atoms with E-state index in [-0.39, 0.29) is 0 Å². The van der Waals surface area contributed by atoms with Crippen LogP contribution >= 0.6 is 0 Å². The second-order valence-electron chi connectivity index (χ2n) is 4.34. The monoisotopic (exact) mass is 169 g/mol. The molecule has 12 heavy (non-hydrogen) atoms. The lowest BCUT2D eigenvalue weighted by Crippen LogP contribution is -2.24. The van der Waals surface area contributed by atoms with Gasteiger partial charge in [0.25, 0.3) is 0 Å². The molecular weight excluding hydrogens is 150 g/mol. The van der Waals surface area contributed by atoms with Crippen molar-refractivity contribution in [1.82, 2.24) is 4.90 Å². The van der Waals surface area contributed by atoms with Crippen molar-refractivity contribution in [2.45, 2.75) is 38.3 Å². The fraction of sp³-hybridized carbons (Fsp3) is 1.00. The normalized spacial score (nSPS) is 44.0. The molecule has 2 heteroatoms. The number of hydrogen-bond donors (Lipinski definition) is 0. The van der Waals surface area contributed by atoms with Gasteiger partial charge in [0.05, 0.1) is 6.10 Å². The Labute approximate surface area is 74.9 Å². The van der Waals surface area contributed by atoms with Crippen molar-refractivity contribution in [3.05, 3.63) is 0 Å². The molecule has 2 unspecified atom stereocenters. The molecule has 3 atom stereocenters. The van der Waals surface area contributed by atoms with Gasteiger partial charge >= 0.3 is 0 Å². The summed E-state index contributed by atoms with van der Waals surface area (Å²) >= 11 is 0. The van der Waals surface area contributed by atoms with Gasteiger partial charge in [0.1, 0.15) is 0 Å². The van der Waals surface area contributed by atoms with Gasteiger partial charge in [0.15, 0.2) is 0 Å². The van der Waals surface area contributed by atoms with Crippen LogP contribution in [-0.2, 0) is 4.74 Å². The van der Waals surface area contributed by atoms with Crippen molar-refractivity contribution in [2.24, 2.45) is 5.92 Å². The number of rotatable bonds is 1. The lowest BCUT2D eigenvalue weighted by Gasteiger charge is -2.16. The molecule has 0 amide bonds. The molecule has 2 rings (SSSR count). The van der Waals surface area contributed by atoms with Crippen LogP contribution in [0.2, 0.25) is 0 Å². The van der Waals surface area contributed by atoms with Crippen LogP contribution in [0.3, 0.4) is 0 Å². The van der Waals surface area contributed by atoms with Crippen molar-refractivity contribution >= 4 is 0 Å². The van der Waals surface area contributed by atoms with E-state index in [0.29, 0.717) is 6.10 Å². The molecule has 2 fully saturated rings. The number of nitrogens with zero attached hydrogens (tertiary/aromatic N) is 1. The largest absolute Gasteiger partial charge is 0.378 e. The molecule has 0 saturated carbocycles. The van der Waals surface area contributed by atoms with Crippen molar-refractivity contribution < 1.29 is 4.74 Å². The Morgan fingerprint density at radius 1 is 1.42 bits per heavy atom. The van der Waals surface area contributed by atoms with Gasteiger partial charge < -0.3 is 9.64 Å². The highest BCUT2D eigenvalue weighted by molar-refractivity contribution is 4.86. The molecule has 0 aliphatic carbocycles. The molecule has 70 valence electrons. The highest BCUT2D eigenvalue weighted by atomic mass is 16.5. The standard InChI is InChI=1S/C10H19NO/c1-8-6-9(7-11(8)2)10-4-3-5-12-10/h8-10H,3-7H2,1-2H3/t8?,9-,10?/m0/s1. The highest BCUT2D eigenvalue weighted by Gasteiger charge is 2.34. The van der Waals surface area contributed by atoms with Crippen molar-refractivity contribution in [3.8, 4) is 0 Å². The van der Waals surface area contributed by atoms with E-state index >= 15 is 0 Å². The molecule has 0 aromatic carbocycles. The van der Waals surface area contributed by atoms with Gasteiger partial charge in [-0.15, -0.1) is 0 Å². The zero-order valence-corrected chi connectivity index (χ0v) is 8.12. The van der Waals surface area contributed by atoms with Crippen molar-refractivity contribution in [2.75, 3.05) is 20.2 Å². The van der Waals surface area contributed by atoms with Crippen molar-refractivity contribution in [3.63, 3.8) is 0 Å². The Hall–Kier alpha value is -0.0800. The summed E-state index contributed by atoms with van der Waals surface area (Å²) in [5.41, 5.74) is 0. The minimum absolute atomic E-state index is 0.581. The van der Waals surface area contributed by atoms with Gasteiger partial charge in [0.2, 0.25) is 0 Å². The maximum Gasteiger partial charge on any atom is 0.0616 e. The van der Waals surface area contributed by atoms with Crippen LogP contribution < -0.4 is 0 Å². The summed E-state index contributed by atoms with van der Waals surface area (Å²) in [4.78, 5) is 2.45. The Morgan fingerprint density at radius 2 is 2.25 bits per heavy atom. The number of hydrogen-bond acceptors (Lipinski definition) is 2.